The molecule has 2 saturated carbocycles. The molecule has 1 aromatic rings. The third kappa shape index (κ3) is 7.82. The van der Waals surface area contributed by atoms with Crippen LogP contribution in [0.2, 0.25) is 0 Å². The van der Waals surface area contributed by atoms with Crippen LogP contribution in [0.25, 0.3) is 0 Å². The zero-order valence-electron chi connectivity index (χ0n) is 31.1. The zero-order chi connectivity index (χ0) is 37.3. The maximum Gasteiger partial charge on any atom is 0.308 e. The quantitative estimate of drug-likeness (QED) is 0.180. The summed E-state index contributed by atoms with van der Waals surface area (Å²) in [5.41, 5.74) is 0.987. The Morgan fingerprint density at radius 3 is 1.96 bits per heavy atom. The minimum atomic E-state index is -1.06. The van der Waals surface area contributed by atoms with Crippen molar-refractivity contribution in [2.24, 2.45) is 22.7 Å². The van der Waals surface area contributed by atoms with Crippen molar-refractivity contribution in [3.8, 4) is 0 Å². The largest absolute Gasteiger partial charge is 0.462 e. The van der Waals surface area contributed by atoms with Gasteiger partial charge in [0.1, 0.15) is 24.4 Å². The normalized spacial score (nSPS) is 30.9. The Hall–Kier alpha value is -3.99. The fourth-order valence-corrected chi connectivity index (χ4v) is 8.89. The van der Waals surface area contributed by atoms with E-state index in [0.29, 0.717) is 36.0 Å². The van der Waals surface area contributed by atoms with Crippen molar-refractivity contribution in [1.82, 2.24) is 4.90 Å². The topological polar surface area (TPSA) is 135 Å². The SMILES string of the molecule is C=C1C(OC(=O)C[C@H](c2ccccc2)N(C)C)CC[C@@]2(C)C(OC(C)=O)C(OC(C)=O)C3=C(C)C(OC(C)=O)C[C@@H](C(OC(C)=O)[C@H]12)C3(C)C. The Labute approximate surface area is 295 Å². The van der Waals surface area contributed by atoms with Crippen molar-refractivity contribution in [2.75, 3.05) is 14.1 Å². The molecule has 274 valence electrons. The molecule has 11 nitrogen and oxygen atoms in total. The second kappa shape index (κ2) is 15.1. The van der Waals surface area contributed by atoms with Crippen molar-refractivity contribution < 1.29 is 47.7 Å². The van der Waals surface area contributed by atoms with Gasteiger partial charge in [-0.2, -0.15) is 0 Å². The van der Waals surface area contributed by atoms with Crippen molar-refractivity contribution >= 4 is 29.8 Å². The van der Waals surface area contributed by atoms with Crippen molar-refractivity contribution in [3.63, 3.8) is 0 Å². The number of rotatable bonds is 9. The first-order valence-electron chi connectivity index (χ1n) is 17.3. The second-order valence-corrected chi connectivity index (χ2v) is 15.1. The molecule has 0 spiro atoms. The van der Waals surface area contributed by atoms with Crippen molar-refractivity contribution in [1.29, 1.82) is 0 Å². The first-order valence-corrected chi connectivity index (χ1v) is 17.3. The first-order chi connectivity index (χ1) is 23.3. The summed E-state index contributed by atoms with van der Waals surface area (Å²) < 4.78 is 30.6. The molecule has 0 saturated heterocycles. The number of carbonyl (C=O) groups excluding carboxylic acids is 5. The smallest absolute Gasteiger partial charge is 0.308 e. The van der Waals surface area contributed by atoms with E-state index >= 15 is 0 Å². The maximum absolute atomic E-state index is 13.7. The number of ether oxygens (including phenoxy) is 5. The Balaban J connectivity index is 1.87. The third-order valence-electron chi connectivity index (χ3n) is 11.0. The first kappa shape index (κ1) is 38.8. The molecular formula is C39H53NO10. The molecule has 0 heterocycles. The van der Waals surface area contributed by atoms with E-state index in [4.69, 9.17) is 23.7 Å². The predicted octanol–water partition coefficient (Wildman–Crippen LogP) is 5.67. The number of carbonyl (C=O) groups is 5. The van der Waals surface area contributed by atoms with Crippen LogP contribution in [-0.2, 0) is 47.7 Å². The molecule has 4 rings (SSSR count). The fourth-order valence-electron chi connectivity index (χ4n) is 8.89. The van der Waals surface area contributed by atoms with Gasteiger partial charge in [0, 0.05) is 51.0 Å². The highest BCUT2D eigenvalue weighted by molar-refractivity contribution is 5.71. The molecule has 0 amide bonds. The van der Waals surface area contributed by atoms with Gasteiger partial charge in [0.15, 0.2) is 6.10 Å². The van der Waals surface area contributed by atoms with E-state index in [1.54, 1.807) is 0 Å². The highest BCUT2D eigenvalue weighted by Crippen LogP contribution is 2.61. The molecular weight excluding hydrogens is 642 g/mol. The summed E-state index contributed by atoms with van der Waals surface area (Å²) in [5.74, 6) is -3.82. The van der Waals surface area contributed by atoms with Crippen LogP contribution in [0.4, 0.5) is 0 Å². The number of benzene rings is 1. The van der Waals surface area contributed by atoms with E-state index in [1.807, 2.05) is 77.0 Å². The second-order valence-electron chi connectivity index (χ2n) is 15.1. The van der Waals surface area contributed by atoms with Gasteiger partial charge < -0.3 is 28.6 Å². The van der Waals surface area contributed by atoms with Gasteiger partial charge in [0.05, 0.1) is 6.42 Å². The highest BCUT2D eigenvalue weighted by atomic mass is 16.6. The molecule has 3 aliphatic carbocycles. The molecule has 3 aliphatic rings. The minimum Gasteiger partial charge on any atom is -0.462 e. The lowest BCUT2D eigenvalue weighted by atomic mass is 9.49. The highest BCUT2D eigenvalue weighted by Gasteiger charge is 2.64. The van der Waals surface area contributed by atoms with Gasteiger partial charge in [-0.3, -0.25) is 24.0 Å². The lowest BCUT2D eigenvalue weighted by molar-refractivity contribution is -0.205. The lowest BCUT2D eigenvalue weighted by Gasteiger charge is -2.60. The molecule has 9 atom stereocenters. The third-order valence-corrected chi connectivity index (χ3v) is 11.0. The van der Waals surface area contributed by atoms with Crippen LogP contribution in [0.3, 0.4) is 0 Å². The molecule has 2 fully saturated rings. The maximum atomic E-state index is 13.7. The van der Waals surface area contributed by atoms with Crippen LogP contribution >= 0.6 is 0 Å². The summed E-state index contributed by atoms with van der Waals surface area (Å²) in [4.78, 5) is 66.6. The van der Waals surface area contributed by atoms with E-state index in [0.717, 1.165) is 5.56 Å². The number of nitrogens with zero attached hydrogens (tertiary/aromatic N) is 1. The fraction of sp³-hybridized carbons (Fsp3) is 0.615. The van der Waals surface area contributed by atoms with E-state index in [9.17, 15) is 24.0 Å². The number of esters is 5. The molecule has 0 aromatic heterocycles. The summed E-state index contributed by atoms with van der Waals surface area (Å²) >= 11 is 0. The average Bonchev–Trinajstić information content (AvgIpc) is 2.99. The van der Waals surface area contributed by atoms with Crippen LogP contribution in [0, 0.1) is 22.7 Å². The molecule has 11 heteroatoms. The molecule has 1 aromatic carbocycles. The van der Waals surface area contributed by atoms with Gasteiger partial charge in [0.2, 0.25) is 0 Å². The van der Waals surface area contributed by atoms with Crippen LogP contribution in [0.5, 0.6) is 0 Å². The van der Waals surface area contributed by atoms with E-state index < -0.39 is 83.0 Å². The average molecular weight is 696 g/mol. The molecule has 0 radical (unpaired) electrons. The van der Waals surface area contributed by atoms with Gasteiger partial charge >= 0.3 is 29.8 Å². The number of hydrogen-bond donors (Lipinski definition) is 0. The number of fused-ring (bicyclic) bond motifs is 3. The molecule has 5 unspecified atom stereocenters. The van der Waals surface area contributed by atoms with Crippen LogP contribution in [0.1, 0.15) is 92.7 Å². The van der Waals surface area contributed by atoms with Gasteiger partial charge in [-0.1, -0.05) is 57.7 Å². The molecule has 0 aliphatic heterocycles. The standard InChI is InChI=1S/C39H53NO10/c1-21-30(50-32(45)20-29(40(10)11)27-15-13-12-14-16-27)17-18-39(9)34(21)35(47-24(4)42)28-19-31(46-23(3)41)22(2)33(38(28,7)8)36(48-25(5)43)37(39)49-26(6)44/h12-16,28-31,34-37H,1,17-20H2,2-11H3/t28-,29+,30?,31?,34-,35?,36?,37?,39+/m0/s1. The van der Waals surface area contributed by atoms with Crippen LogP contribution in [-0.4, -0.2) is 79.4 Å². The Bertz CT molecular complexity index is 1530. The van der Waals surface area contributed by atoms with Crippen molar-refractivity contribution in [3.05, 3.63) is 59.2 Å². The summed E-state index contributed by atoms with van der Waals surface area (Å²) in [6.07, 6.45) is -3.36. The molecule has 2 bridgehead atoms. The Morgan fingerprint density at radius 2 is 1.42 bits per heavy atom. The van der Waals surface area contributed by atoms with E-state index in [1.165, 1.54) is 27.7 Å². The van der Waals surface area contributed by atoms with Gasteiger partial charge in [-0.15, -0.1) is 0 Å². The van der Waals surface area contributed by atoms with Gasteiger partial charge in [-0.25, -0.2) is 0 Å². The number of hydrogen-bond acceptors (Lipinski definition) is 11. The molecule has 0 N–H and O–H groups in total. The molecule has 50 heavy (non-hydrogen) atoms. The lowest BCUT2D eigenvalue weighted by Crippen LogP contribution is -2.64. The minimum absolute atomic E-state index is 0.0911. The summed E-state index contributed by atoms with van der Waals surface area (Å²) in [6.45, 7) is 17.4. The van der Waals surface area contributed by atoms with Crippen molar-refractivity contribution in [2.45, 2.75) is 118 Å². The Morgan fingerprint density at radius 1 is 0.840 bits per heavy atom. The van der Waals surface area contributed by atoms with Gasteiger partial charge in [0.25, 0.3) is 0 Å². The summed E-state index contributed by atoms with van der Waals surface area (Å²) in [7, 11) is 3.81. The van der Waals surface area contributed by atoms with Crippen LogP contribution in [0.15, 0.2) is 53.6 Å². The van der Waals surface area contributed by atoms with Crippen LogP contribution < -0.4 is 0 Å². The zero-order valence-corrected chi connectivity index (χ0v) is 31.1. The predicted molar refractivity (Wildman–Crippen MR) is 184 cm³/mol. The Kier molecular flexibility index (Phi) is 11.7. The summed E-state index contributed by atoms with van der Waals surface area (Å²) in [5, 5.41) is 0. The monoisotopic (exact) mass is 695 g/mol. The summed E-state index contributed by atoms with van der Waals surface area (Å²) in [6, 6.07) is 9.48. The van der Waals surface area contributed by atoms with Gasteiger partial charge in [-0.05, 0) is 68.0 Å². The van der Waals surface area contributed by atoms with E-state index in [-0.39, 0.29) is 12.5 Å². The van der Waals surface area contributed by atoms with E-state index in [2.05, 4.69) is 6.58 Å².